The summed E-state index contributed by atoms with van der Waals surface area (Å²) < 4.78 is 5.78. The molecule has 0 aliphatic carbocycles. The lowest BCUT2D eigenvalue weighted by Crippen LogP contribution is -2.29. The van der Waals surface area contributed by atoms with Gasteiger partial charge in [-0.2, -0.15) is 0 Å². The quantitative estimate of drug-likeness (QED) is 0.345. The van der Waals surface area contributed by atoms with Crippen LogP contribution in [0.4, 0.5) is 5.69 Å². The third-order valence-corrected chi connectivity index (χ3v) is 5.64. The van der Waals surface area contributed by atoms with Gasteiger partial charge >= 0.3 is 0 Å². The Labute approximate surface area is 179 Å². The molecule has 0 bridgehead atoms. The molecule has 1 N–H and O–H groups in total. The van der Waals surface area contributed by atoms with Crippen LogP contribution in [0.15, 0.2) is 64.6 Å². The van der Waals surface area contributed by atoms with E-state index in [9.17, 15) is 14.7 Å². The molecule has 2 aromatic carbocycles. The molecule has 0 radical (unpaired) electrons. The van der Waals surface area contributed by atoms with E-state index in [1.165, 1.54) is 4.90 Å². The molecule has 4 rings (SSSR count). The number of Topliss-reactive ketones (excluding diaryl/α,β-unsaturated/α-hetero) is 1. The number of aliphatic hydroxyl groups is 1. The third-order valence-electron chi connectivity index (χ3n) is 5.23. The second-order valence-electron chi connectivity index (χ2n) is 7.42. The maximum atomic E-state index is 13.0. The zero-order valence-corrected chi connectivity index (χ0v) is 17.5. The van der Waals surface area contributed by atoms with E-state index in [0.29, 0.717) is 27.8 Å². The molecule has 1 atom stereocenters. The largest absolute Gasteiger partial charge is 0.507 e. The van der Waals surface area contributed by atoms with Gasteiger partial charge in [0.05, 0.1) is 5.57 Å². The van der Waals surface area contributed by atoms with E-state index in [0.717, 1.165) is 11.1 Å². The van der Waals surface area contributed by atoms with Crippen molar-refractivity contribution in [3.8, 4) is 0 Å². The lowest BCUT2D eigenvalue weighted by molar-refractivity contribution is -0.132. The van der Waals surface area contributed by atoms with Crippen LogP contribution in [-0.4, -0.2) is 16.8 Å². The van der Waals surface area contributed by atoms with Gasteiger partial charge in [0.2, 0.25) is 0 Å². The van der Waals surface area contributed by atoms with Crippen molar-refractivity contribution in [1.29, 1.82) is 0 Å². The summed E-state index contributed by atoms with van der Waals surface area (Å²) in [5.74, 6) is -0.746. The van der Waals surface area contributed by atoms with Crippen LogP contribution in [0.3, 0.4) is 0 Å². The lowest BCUT2D eigenvalue weighted by Gasteiger charge is -2.24. The van der Waals surface area contributed by atoms with E-state index in [1.54, 1.807) is 49.4 Å². The second kappa shape index (κ2) is 7.50. The number of carbonyl (C=O) groups is 2. The molecule has 1 amide bonds. The molecule has 1 aliphatic rings. The predicted molar refractivity (Wildman–Crippen MR) is 116 cm³/mol. The van der Waals surface area contributed by atoms with Crippen LogP contribution in [0.5, 0.6) is 0 Å². The highest BCUT2D eigenvalue weighted by atomic mass is 35.5. The Hall–Kier alpha value is -3.31. The summed E-state index contributed by atoms with van der Waals surface area (Å²) in [6, 6.07) is 14.8. The fourth-order valence-corrected chi connectivity index (χ4v) is 3.74. The Balaban J connectivity index is 1.94. The first kappa shape index (κ1) is 20.0. The third kappa shape index (κ3) is 3.31. The van der Waals surface area contributed by atoms with E-state index in [1.807, 2.05) is 26.0 Å². The second-order valence-corrected chi connectivity index (χ2v) is 7.82. The maximum Gasteiger partial charge on any atom is 0.300 e. The normalized spacial score (nSPS) is 18.3. The number of nitrogens with zero attached hydrogens (tertiary/aromatic N) is 1. The fourth-order valence-electron chi connectivity index (χ4n) is 3.57. The van der Waals surface area contributed by atoms with E-state index >= 15 is 0 Å². The van der Waals surface area contributed by atoms with Crippen molar-refractivity contribution >= 4 is 34.7 Å². The smallest absolute Gasteiger partial charge is 0.300 e. The molecule has 30 heavy (non-hydrogen) atoms. The number of aliphatic hydroxyl groups excluding tert-OH is 1. The Morgan fingerprint density at radius 2 is 1.70 bits per heavy atom. The van der Waals surface area contributed by atoms with Crippen LogP contribution in [0.1, 0.15) is 34.3 Å². The SMILES string of the molecule is Cc1ccc(/C(O)=C2/C(=O)C(=O)N(c3ccc(C)c(Cl)c3)C2c2ccc(C)o2)cc1. The molecule has 3 aromatic rings. The Bertz CT molecular complexity index is 1190. The van der Waals surface area contributed by atoms with Crippen molar-refractivity contribution < 1.29 is 19.1 Å². The average Bonchev–Trinajstić information content (AvgIpc) is 3.25. The van der Waals surface area contributed by atoms with E-state index in [-0.39, 0.29) is 11.3 Å². The standard InChI is InChI=1S/C24H20ClNO4/c1-13-4-8-16(9-5-13)22(27)20-21(19-11-7-15(3)30-19)26(24(29)23(20)28)17-10-6-14(2)18(25)12-17/h4-12,21,27H,1-3H3/b22-20-. The molecule has 2 heterocycles. The van der Waals surface area contributed by atoms with Crippen LogP contribution in [0, 0.1) is 20.8 Å². The molecule has 1 unspecified atom stereocenters. The van der Waals surface area contributed by atoms with Crippen LogP contribution >= 0.6 is 11.6 Å². The minimum atomic E-state index is -0.904. The van der Waals surface area contributed by atoms with Crippen LogP contribution in [0.25, 0.3) is 5.76 Å². The van der Waals surface area contributed by atoms with E-state index in [4.69, 9.17) is 16.0 Å². The summed E-state index contributed by atoms with van der Waals surface area (Å²) in [6.07, 6.45) is 0. The number of carbonyl (C=O) groups excluding carboxylic acids is 2. The highest BCUT2D eigenvalue weighted by Gasteiger charge is 2.48. The topological polar surface area (TPSA) is 70.8 Å². The van der Waals surface area contributed by atoms with Crippen molar-refractivity contribution in [3.63, 3.8) is 0 Å². The van der Waals surface area contributed by atoms with Gasteiger partial charge in [0.15, 0.2) is 0 Å². The number of hydrogen-bond acceptors (Lipinski definition) is 4. The monoisotopic (exact) mass is 421 g/mol. The van der Waals surface area contributed by atoms with E-state index in [2.05, 4.69) is 0 Å². The van der Waals surface area contributed by atoms with Gasteiger partial charge < -0.3 is 9.52 Å². The molecule has 1 saturated heterocycles. The molecule has 6 heteroatoms. The van der Waals surface area contributed by atoms with Crippen LogP contribution < -0.4 is 4.90 Å². The zero-order chi connectivity index (χ0) is 21.6. The van der Waals surface area contributed by atoms with E-state index < -0.39 is 17.7 Å². The van der Waals surface area contributed by atoms with Gasteiger partial charge in [-0.05, 0) is 50.6 Å². The summed E-state index contributed by atoms with van der Waals surface area (Å²) >= 11 is 6.28. The number of amides is 1. The number of furan rings is 1. The number of ketones is 1. The van der Waals surface area contributed by atoms with Crippen LogP contribution in [-0.2, 0) is 9.59 Å². The highest BCUT2D eigenvalue weighted by molar-refractivity contribution is 6.51. The summed E-state index contributed by atoms with van der Waals surface area (Å²) in [5.41, 5.74) is 2.75. The lowest BCUT2D eigenvalue weighted by atomic mass is 9.98. The predicted octanol–water partition coefficient (Wildman–Crippen LogP) is 5.48. The Morgan fingerprint density at radius 3 is 2.30 bits per heavy atom. The zero-order valence-electron chi connectivity index (χ0n) is 16.8. The summed E-state index contributed by atoms with van der Waals surface area (Å²) in [4.78, 5) is 27.4. The van der Waals surface area contributed by atoms with Crippen molar-refractivity contribution in [2.45, 2.75) is 26.8 Å². The number of rotatable bonds is 3. The first-order valence-electron chi connectivity index (χ1n) is 9.48. The number of halogens is 1. The minimum Gasteiger partial charge on any atom is -0.507 e. The molecule has 1 aromatic heterocycles. The number of aryl methyl sites for hydroxylation is 3. The molecule has 0 saturated carbocycles. The Kier molecular flexibility index (Phi) is 5.00. The number of hydrogen-bond donors (Lipinski definition) is 1. The first-order valence-corrected chi connectivity index (χ1v) is 9.86. The van der Waals surface area contributed by atoms with Gasteiger partial charge in [0, 0.05) is 16.3 Å². The van der Waals surface area contributed by atoms with Gasteiger partial charge in [0.1, 0.15) is 23.3 Å². The van der Waals surface area contributed by atoms with Crippen molar-refractivity contribution in [3.05, 3.63) is 93.4 Å². The van der Waals surface area contributed by atoms with Gasteiger partial charge in [-0.1, -0.05) is 47.5 Å². The summed E-state index contributed by atoms with van der Waals surface area (Å²) in [6.45, 7) is 5.55. The van der Waals surface area contributed by atoms with Gasteiger partial charge in [-0.15, -0.1) is 0 Å². The van der Waals surface area contributed by atoms with Gasteiger partial charge in [-0.25, -0.2) is 0 Å². The minimum absolute atomic E-state index is 0.0186. The van der Waals surface area contributed by atoms with Crippen molar-refractivity contribution in [1.82, 2.24) is 0 Å². The fraction of sp³-hybridized carbons (Fsp3) is 0.167. The molecule has 152 valence electrons. The first-order chi connectivity index (χ1) is 14.3. The van der Waals surface area contributed by atoms with Crippen LogP contribution in [0.2, 0.25) is 5.02 Å². The molecular weight excluding hydrogens is 402 g/mol. The summed E-state index contributed by atoms with van der Waals surface area (Å²) in [7, 11) is 0. The Morgan fingerprint density at radius 1 is 1.00 bits per heavy atom. The highest BCUT2D eigenvalue weighted by Crippen LogP contribution is 2.43. The molecule has 1 fully saturated rings. The number of anilines is 1. The van der Waals surface area contributed by atoms with Crippen molar-refractivity contribution in [2.75, 3.05) is 4.90 Å². The molecular formula is C24H20ClNO4. The molecule has 0 spiro atoms. The van der Waals surface area contributed by atoms with Crippen molar-refractivity contribution in [2.24, 2.45) is 0 Å². The maximum absolute atomic E-state index is 13.0. The van der Waals surface area contributed by atoms with Gasteiger partial charge in [-0.3, -0.25) is 14.5 Å². The number of benzene rings is 2. The molecule has 5 nitrogen and oxygen atoms in total. The van der Waals surface area contributed by atoms with Gasteiger partial charge in [0.25, 0.3) is 11.7 Å². The molecule has 1 aliphatic heterocycles. The average molecular weight is 422 g/mol. The summed E-state index contributed by atoms with van der Waals surface area (Å²) in [5, 5.41) is 11.5.